The molecule has 0 spiro atoms. The first-order valence-electron chi connectivity index (χ1n) is 8.33. The van der Waals surface area contributed by atoms with E-state index in [0.717, 1.165) is 24.5 Å². The topological polar surface area (TPSA) is 55.2 Å². The number of nitrogens with one attached hydrogen (secondary N) is 1. The molecule has 0 amide bonds. The van der Waals surface area contributed by atoms with Gasteiger partial charge in [0.05, 0.1) is 30.6 Å². The second-order valence-corrected chi connectivity index (χ2v) is 6.66. The molecule has 0 aromatic carbocycles. The van der Waals surface area contributed by atoms with Gasteiger partial charge in [0.1, 0.15) is 0 Å². The molecule has 2 aliphatic rings. The molecule has 1 aliphatic heterocycles. The fraction of sp³-hybridized carbons (Fsp3) is 0.529. The second-order valence-electron chi connectivity index (χ2n) is 6.66. The van der Waals surface area contributed by atoms with E-state index in [-0.39, 0.29) is 0 Å². The number of aromatic nitrogens is 4. The molecular weight excluding hydrogens is 276 g/mol. The van der Waals surface area contributed by atoms with E-state index in [1.807, 2.05) is 6.20 Å². The van der Waals surface area contributed by atoms with Gasteiger partial charge in [-0.3, -0.25) is 4.40 Å². The van der Waals surface area contributed by atoms with Crippen molar-refractivity contribution in [3.8, 4) is 0 Å². The highest BCUT2D eigenvalue weighted by Crippen LogP contribution is 2.34. The van der Waals surface area contributed by atoms with Gasteiger partial charge in [-0.2, -0.15) is 0 Å². The zero-order valence-corrected chi connectivity index (χ0v) is 12.6. The zero-order valence-electron chi connectivity index (χ0n) is 12.6. The van der Waals surface area contributed by atoms with Crippen LogP contribution in [0.4, 0.5) is 0 Å². The van der Waals surface area contributed by atoms with Gasteiger partial charge < -0.3 is 9.72 Å². The third-order valence-electron chi connectivity index (χ3n) is 5.27. The lowest BCUT2D eigenvalue weighted by atomic mass is 9.87. The Morgan fingerprint density at radius 1 is 1.14 bits per heavy atom. The van der Waals surface area contributed by atoms with Gasteiger partial charge in [0.15, 0.2) is 11.3 Å². The largest absolute Gasteiger partial charge is 0.380 e. The third-order valence-corrected chi connectivity index (χ3v) is 5.27. The average Bonchev–Trinajstić information content (AvgIpc) is 3.10. The maximum atomic E-state index is 5.36. The van der Waals surface area contributed by atoms with E-state index < -0.39 is 0 Å². The molecule has 114 valence electrons. The van der Waals surface area contributed by atoms with Gasteiger partial charge in [0, 0.05) is 29.8 Å². The van der Waals surface area contributed by atoms with E-state index in [0.29, 0.717) is 11.8 Å². The summed E-state index contributed by atoms with van der Waals surface area (Å²) in [6.45, 7) is 1.63. The Bertz CT molecular complexity index is 824. The maximum absolute atomic E-state index is 5.36. The number of nitrogens with zero attached hydrogens (tertiary/aromatic N) is 3. The molecule has 0 radical (unpaired) electrons. The number of aromatic amines is 1. The van der Waals surface area contributed by atoms with E-state index in [4.69, 9.17) is 9.72 Å². The van der Waals surface area contributed by atoms with Crippen molar-refractivity contribution in [3.05, 3.63) is 29.8 Å². The van der Waals surface area contributed by atoms with Crippen molar-refractivity contribution in [2.45, 2.75) is 43.9 Å². The summed E-state index contributed by atoms with van der Waals surface area (Å²) in [7, 11) is 0. The van der Waals surface area contributed by atoms with Crippen molar-refractivity contribution >= 4 is 16.8 Å². The minimum atomic E-state index is 0.488. The van der Waals surface area contributed by atoms with Crippen LogP contribution in [-0.4, -0.2) is 32.6 Å². The molecule has 4 heterocycles. The summed E-state index contributed by atoms with van der Waals surface area (Å²) >= 11 is 0. The van der Waals surface area contributed by atoms with Gasteiger partial charge in [-0.15, -0.1) is 0 Å². The Hall–Kier alpha value is -1.88. The molecule has 1 saturated carbocycles. The highest BCUT2D eigenvalue weighted by molar-refractivity contribution is 5.79. The summed E-state index contributed by atoms with van der Waals surface area (Å²) in [4.78, 5) is 12.7. The maximum Gasteiger partial charge on any atom is 0.156 e. The van der Waals surface area contributed by atoms with Crippen molar-refractivity contribution in [2.75, 3.05) is 13.2 Å². The first kappa shape index (κ1) is 12.6. The molecule has 0 unspecified atom stereocenters. The van der Waals surface area contributed by atoms with Gasteiger partial charge in [-0.1, -0.05) is 19.3 Å². The van der Waals surface area contributed by atoms with Crippen LogP contribution >= 0.6 is 0 Å². The summed E-state index contributed by atoms with van der Waals surface area (Å²) in [5, 5.41) is 0. The molecule has 2 fully saturated rings. The summed E-state index contributed by atoms with van der Waals surface area (Å²) in [6.07, 6.45) is 12.8. The van der Waals surface area contributed by atoms with Crippen molar-refractivity contribution in [2.24, 2.45) is 0 Å². The fourth-order valence-corrected chi connectivity index (χ4v) is 3.90. The molecule has 5 heteroatoms. The van der Waals surface area contributed by atoms with Crippen molar-refractivity contribution < 1.29 is 4.74 Å². The van der Waals surface area contributed by atoms with Crippen molar-refractivity contribution in [1.82, 2.24) is 19.4 Å². The Morgan fingerprint density at radius 3 is 2.77 bits per heavy atom. The predicted octanol–water partition coefficient (Wildman–Crippen LogP) is 3.37. The van der Waals surface area contributed by atoms with Crippen LogP contribution in [0.1, 0.15) is 55.2 Å². The standard InChI is InChI=1S/C17H20N4O/c1-2-4-11(5-3-1)14-8-21-15(20-14)7-19-17-16(21)13(6-18-17)12-9-22-10-12/h6-8,11-12,18H,1-5,9-10H2. The summed E-state index contributed by atoms with van der Waals surface area (Å²) in [5.74, 6) is 1.11. The number of fused-ring (bicyclic) bond motifs is 3. The van der Waals surface area contributed by atoms with Crippen LogP contribution < -0.4 is 0 Å². The summed E-state index contributed by atoms with van der Waals surface area (Å²) in [5.41, 5.74) is 5.65. The molecule has 0 bridgehead atoms. The van der Waals surface area contributed by atoms with Crippen LogP contribution in [0.3, 0.4) is 0 Å². The number of rotatable bonds is 2. The first-order valence-corrected chi connectivity index (χ1v) is 8.33. The second kappa shape index (κ2) is 4.81. The smallest absolute Gasteiger partial charge is 0.156 e. The minimum Gasteiger partial charge on any atom is -0.380 e. The third kappa shape index (κ3) is 1.81. The van der Waals surface area contributed by atoms with Crippen LogP contribution in [0.5, 0.6) is 0 Å². The number of hydrogen-bond donors (Lipinski definition) is 1. The molecular formula is C17H20N4O. The Morgan fingerprint density at radius 2 is 2.00 bits per heavy atom. The van der Waals surface area contributed by atoms with E-state index >= 15 is 0 Å². The first-order chi connectivity index (χ1) is 10.9. The number of H-pyrrole nitrogens is 1. The lowest BCUT2D eigenvalue weighted by Gasteiger charge is -2.25. The van der Waals surface area contributed by atoms with E-state index in [1.54, 1.807) is 0 Å². The molecule has 22 heavy (non-hydrogen) atoms. The highest BCUT2D eigenvalue weighted by Gasteiger charge is 2.26. The number of hydrogen-bond acceptors (Lipinski definition) is 3. The fourth-order valence-electron chi connectivity index (χ4n) is 3.90. The SMILES string of the molecule is c1[nH]c2ncc3nc(C4CCCCC4)cn3c2c1C1COC1. The summed E-state index contributed by atoms with van der Waals surface area (Å²) in [6, 6.07) is 0. The monoisotopic (exact) mass is 296 g/mol. The minimum absolute atomic E-state index is 0.488. The Kier molecular flexibility index (Phi) is 2.77. The van der Waals surface area contributed by atoms with Crippen molar-refractivity contribution in [3.63, 3.8) is 0 Å². The normalized spacial score (nSPS) is 20.7. The Labute approximate surface area is 128 Å². The lowest BCUT2D eigenvalue weighted by Crippen LogP contribution is -2.25. The summed E-state index contributed by atoms with van der Waals surface area (Å²) < 4.78 is 7.59. The average molecular weight is 296 g/mol. The van der Waals surface area contributed by atoms with Gasteiger partial charge in [-0.05, 0) is 12.8 Å². The molecule has 1 saturated heterocycles. The van der Waals surface area contributed by atoms with E-state index in [2.05, 4.69) is 26.8 Å². The van der Waals surface area contributed by atoms with E-state index in [1.165, 1.54) is 48.9 Å². The van der Waals surface area contributed by atoms with Gasteiger partial charge in [-0.25, -0.2) is 9.97 Å². The Balaban J connectivity index is 1.66. The van der Waals surface area contributed by atoms with Crippen LogP contribution in [0.2, 0.25) is 0 Å². The van der Waals surface area contributed by atoms with Crippen molar-refractivity contribution in [1.29, 1.82) is 0 Å². The molecule has 5 nitrogen and oxygen atoms in total. The quantitative estimate of drug-likeness (QED) is 0.789. The lowest BCUT2D eigenvalue weighted by molar-refractivity contribution is 0.00892. The molecule has 1 N–H and O–H groups in total. The number of imidazole rings is 1. The molecule has 1 aliphatic carbocycles. The molecule has 5 rings (SSSR count). The zero-order chi connectivity index (χ0) is 14.5. The molecule has 3 aromatic rings. The van der Waals surface area contributed by atoms with Crippen LogP contribution in [0.25, 0.3) is 16.8 Å². The molecule has 0 atom stereocenters. The highest BCUT2D eigenvalue weighted by atomic mass is 16.5. The van der Waals surface area contributed by atoms with Crippen LogP contribution in [0.15, 0.2) is 18.6 Å². The van der Waals surface area contributed by atoms with Gasteiger partial charge >= 0.3 is 0 Å². The van der Waals surface area contributed by atoms with Crippen LogP contribution in [-0.2, 0) is 4.74 Å². The van der Waals surface area contributed by atoms with Gasteiger partial charge in [0.2, 0.25) is 0 Å². The number of ether oxygens (including phenoxy) is 1. The molecule has 3 aromatic heterocycles. The predicted molar refractivity (Wildman–Crippen MR) is 84.2 cm³/mol. The van der Waals surface area contributed by atoms with E-state index in [9.17, 15) is 0 Å². The van der Waals surface area contributed by atoms with Gasteiger partial charge in [0.25, 0.3) is 0 Å². The van der Waals surface area contributed by atoms with Crippen LogP contribution in [0, 0.1) is 0 Å².